The van der Waals surface area contributed by atoms with Crippen molar-refractivity contribution >= 4 is 22.5 Å². The molecule has 0 unspecified atom stereocenters. The Hall–Kier alpha value is -3.67. The van der Waals surface area contributed by atoms with E-state index in [9.17, 15) is 9.90 Å². The van der Waals surface area contributed by atoms with Gasteiger partial charge in [0.05, 0.1) is 28.2 Å². The van der Waals surface area contributed by atoms with Crippen LogP contribution in [-0.2, 0) is 7.05 Å². The normalized spacial score (nSPS) is 11.0. The molecule has 0 bridgehead atoms. The third kappa shape index (κ3) is 2.99. The molecule has 0 spiro atoms. The van der Waals surface area contributed by atoms with Crippen molar-refractivity contribution in [1.29, 1.82) is 0 Å². The van der Waals surface area contributed by atoms with Gasteiger partial charge in [0.25, 0.3) is 5.91 Å². The van der Waals surface area contributed by atoms with Crippen molar-refractivity contribution in [2.75, 3.05) is 5.32 Å². The van der Waals surface area contributed by atoms with Crippen LogP contribution < -0.4 is 5.32 Å². The Kier molecular flexibility index (Phi) is 4.31. The van der Waals surface area contributed by atoms with E-state index in [0.29, 0.717) is 16.9 Å². The van der Waals surface area contributed by atoms with Crippen LogP contribution >= 0.6 is 0 Å². The van der Waals surface area contributed by atoms with Gasteiger partial charge in [-0.25, -0.2) is 4.98 Å². The van der Waals surface area contributed by atoms with Crippen molar-refractivity contribution in [3.05, 3.63) is 71.5 Å². The SMILES string of the molecule is Cc1nn(C)c(C)c1-c1cc(C(=O)Nc2ccccc2O)c2ccccc2n1. The molecule has 0 saturated heterocycles. The summed E-state index contributed by atoms with van der Waals surface area (Å²) in [6.07, 6.45) is 0. The summed E-state index contributed by atoms with van der Waals surface area (Å²) in [4.78, 5) is 17.8. The number of aryl methyl sites for hydroxylation is 2. The summed E-state index contributed by atoms with van der Waals surface area (Å²) < 4.78 is 1.81. The Balaban J connectivity index is 1.88. The fourth-order valence-electron chi connectivity index (χ4n) is 3.40. The molecule has 2 heterocycles. The molecule has 2 aromatic carbocycles. The summed E-state index contributed by atoms with van der Waals surface area (Å²) in [7, 11) is 1.89. The van der Waals surface area contributed by atoms with Crippen LogP contribution in [0.1, 0.15) is 21.7 Å². The van der Waals surface area contributed by atoms with Gasteiger partial charge < -0.3 is 10.4 Å². The summed E-state index contributed by atoms with van der Waals surface area (Å²) in [5.74, 6) is -0.283. The lowest BCUT2D eigenvalue weighted by molar-refractivity contribution is 0.102. The first kappa shape index (κ1) is 17.7. The first-order valence-corrected chi connectivity index (χ1v) is 8.95. The average molecular weight is 372 g/mol. The number of aromatic hydroxyl groups is 1. The molecule has 2 aromatic heterocycles. The molecule has 1 amide bonds. The number of phenolic OH excluding ortho intramolecular Hbond substituents is 1. The molecule has 6 nitrogen and oxygen atoms in total. The van der Waals surface area contributed by atoms with Crippen LogP contribution in [-0.4, -0.2) is 25.8 Å². The third-order valence-corrected chi connectivity index (χ3v) is 4.88. The van der Waals surface area contributed by atoms with Crippen molar-refractivity contribution in [3.8, 4) is 17.0 Å². The van der Waals surface area contributed by atoms with E-state index >= 15 is 0 Å². The van der Waals surface area contributed by atoms with Crippen molar-refractivity contribution < 1.29 is 9.90 Å². The van der Waals surface area contributed by atoms with E-state index in [1.165, 1.54) is 6.07 Å². The van der Waals surface area contributed by atoms with E-state index in [2.05, 4.69) is 10.4 Å². The molecule has 4 rings (SSSR count). The van der Waals surface area contributed by atoms with Crippen LogP contribution in [0.3, 0.4) is 0 Å². The highest BCUT2D eigenvalue weighted by atomic mass is 16.3. The van der Waals surface area contributed by atoms with Crippen LogP contribution in [0.5, 0.6) is 5.75 Å². The number of anilines is 1. The zero-order chi connectivity index (χ0) is 19.8. The monoisotopic (exact) mass is 372 g/mol. The zero-order valence-corrected chi connectivity index (χ0v) is 15.9. The number of benzene rings is 2. The maximum atomic E-state index is 13.1. The number of carbonyl (C=O) groups excluding carboxylic acids is 1. The van der Waals surface area contributed by atoms with Gasteiger partial charge in [-0.15, -0.1) is 0 Å². The molecule has 6 heteroatoms. The minimum absolute atomic E-state index is 0.0217. The maximum absolute atomic E-state index is 13.1. The number of pyridine rings is 1. The first-order chi connectivity index (χ1) is 13.5. The van der Waals surface area contributed by atoms with Crippen LogP contribution in [0, 0.1) is 13.8 Å². The molecule has 0 aliphatic rings. The number of para-hydroxylation sites is 3. The molecule has 28 heavy (non-hydrogen) atoms. The quantitative estimate of drug-likeness (QED) is 0.528. The lowest BCUT2D eigenvalue weighted by atomic mass is 10.0. The van der Waals surface area contributed by atoms with Gasteiger partial charge in [-0.3, -0.25) is 9.48 Å². The van der Waals surface area contributed by atoms with Gasteiger partial charge in [0.2, 0.25) is 0 Å². The maximum Gasteiger partial charge on any atom is 0.256 e. The lowest BCUT2D eigenvalue weighted by Gasteiger charge is -2.11. The van der Waals surface area contributed by atoms with E-state index in [0.717, 1.165) is 27.9 Å². The molecule has 0 saturated carbocycles. The molecule has 2 N–H and O–H groups in total. The largest absolute Gasteiger partial charge is 0.506 e. The molecule has 4 aromatic rings. The number of nitrogens with zero attached hydrogens (tertiary/aromatic N) is 3. The summed E-state index contributed by atoms with van der Waals surface area (Å²) >= 11 is 0. The lowest BCUT2D eigenvalue weighted by Crippen LogP contribution is -2.13. The molecule has 0 aliphatic carbocycles. The fraction of sp³-hybridized carbons (Fsp3) is 0.136. The first-order valence-electron chi connectivity index (χ1n) is 8.95. The highest BCUT2D eigenvalue weighted by Crippen LogP contribution is 2.30. The van der Waals surface area contributed by atoms with Crippen LogP contribution in [0.25, 0.3) is 22.2 Å². The summed E-state index contributed by atoms with van der Waals surface area (Å²) in [6.45, 7) is 3.91. The Bertz CT molecular complexity index is 1210. The molecular weight excluding hydrogens is 352 g/mol. The van der Waals surface area contributed by atoms with Gasteiger partial charge in [-0.2, -0.15) is 5.10 Å². The Labute approximate surface area is 162 Å². The van der Waals surface area contributed by atoms with E-state index in [1.807, 2.05) is 49.8 Å². The van der Waals surface area contributed by atoms with Crippen molar-refractivity contribution in [1.82, 2.24) is 14.8 Å². The Morgan fingerprint density at radius 2 is 1.79 bits per heavy atom. The number of carbonyl (C=O) groups is 1. The van der Waals surface area contributed by atoms with Crippen LogP contribution in [0.2, 0.25) is 0 Å². The highest BCUT2D eigenvalue weighted by molar-refractivity contribution is 6.13. The number of amides is 1. The number of phenols is 1. The second kappa shape index (κ2) is 6.81. The molecular formula is C22H20N4O2. The standard InChI is InChI=1S/C22H20N4O2/c1-13-21(14(2)26(3)25-13)19-12-16(15-8-4-5-9-17(15)23-19)22(28)24-18-10-6-7-11-20(18)27/h4-12,27H,1-3H3,(H,24,28). The van der Waals surface area contributed by atoms with Gasteiger partial charge >= 0.3 is 0 Å². The summed E-state index contributed by atoms with van der Waals surface area (Å²) in [6, 6.07) is 16.0. The average Bonchev–Trinajstić information content (AvgIpc) is 2.94. The Morgan fingerprint density at radius 1 is 1.07 bits per heavy atom. The zero-order valence-electron chi connectivity index (χ0n) is 15.9. The minimum Gasteiger partial charge on any atom is -0.506 e. The van der Waals surface area contributed by atoms with E-state index in [-0.39, 0.29) is 11.7 Å². The number of aromatic nitrogens is 3. The molecule has 0 fully saturated rings. The van der Waals surface area contributed by atoms with Gasteiger partial charge in [0, 0.05) is 23.7 Å². The second-order valence-corrected chi connectivity index (χ2v) is 6.71. The predicted molar refractivity (Wildman–Crippen MR) is 109 cm³/mol. The number of rotatable bonds is 3. The van der Waals surface area contributed by atoms with Gasteiger partial charge in [0.15, 0.2) is 0 Å². The Morgan fingerprint density at radius 3 is 2.50 bits per heavy atom. The minimum atomic E-state index is -0.305. The van der Waals surface area contributed by atoms with E-state index in [1.54, 1.807) is 24.3 Å². The van der Waals surface area contributed by atoms with E-state index < -0.39 is 0 Å². The van der Waals surface area contributed by atoms with Gasteiger partial charge in [-0.05, 0) is 38.1 Å². The molecule has 0 atom stereocenters. The third-order valence-electron chi connectivity index (χ3n) is 4.88. The van der Waals surface area contributed by atoms with Gasteiger partial charge in [-0.1, -0.05) is 30.3 Å². The summed E-state index contributed by atoms with van der Waals surface area (Å²) in [5, 5.41) is 18.0. The molecule has 140 valence electrons. The molecule has 0 aliphatic heterocycles. The highest BCUT2D eigenvalue weighted by Gasteiger charge is 2.19. The van der Waals surface area contributed by atoms with Crippen molar-refractivity contribution in [2.45, 2.75) is 13.8 Å². The van der Waals surface area contributed by atoms with Crippen molar-refractivity contribution in [2.24, 2.45) is 7.05 Å². The second-order valence-electron chi connectivity index (χ2n) is 6.71. The predicted octanol–water partition coefficient (Wildman–Crippen LogP) is 4.21. The number of nitrogens with one attached hydrogen (secondary N) is 1. The fourth-order valence-corrected chi connectivity index (χ4v) is 3.40. The van der Waals surface area contributed by atoms with Crippen LogP contribution in [0.4, 0.5) is 5.69 Å². The number of fused-ring (bicyclic) bond motifs is 1. The van der Waals surface area contributed by atoms with Crippen LogP contribution in [0.15, 0.2) is 54.6 Å². The smallest absolute Gasteiger partial charge is 0.256 e. The summed E-state index contributed by atoms with van der Waals surface area (Å²) in [5.41, 5.74) is 5.04. The van der Waals surface area contributed by atoms with Crippen molar-refractivity contribution in [3.63, 3.8) is 0 Å². The topological polar surface area (TPSA) is 80.0 Å². The van der Waals surface area contributed by atoms with E-state index in [4.69, 9.17) is 4.98 Å². The number of hydrogen-bond donors (Lipinski definition) is 2. The van der Waals surface area contributed by atoms with Gasteiger partial charge in [0.1, 0.15) is 5.75 Å². The molecule has 0 radical (unpaired) electrons. The number of hydrogen-bond acceptors (Lipinski definition) is 4.